The van der Waals surface area contributed by atoms with Crippen LogP contribution in [0.4, 0.5) is 5.69 Å². The van der Waals surface area contributed by atoms with Crippen molar-refractivity contribution in [3.63, 3.8) is 0 Å². The van der Waals surface area contributed by atoms with Crippen molar-refractivity contribution < 1.29 is 22.6 Å². The Labute approximate surface area is 199 Å². The van der Waals surface area contributed by atoms with Gasteiger partial charge in [0.1, 0.15) is 5.57 Å². The van der Waals surface area contributed by atoms with Gasteiger partial charge in [-0.15, -0.1) is 0 Å². The number of amides is 2. The summed E-state index contributed by atoms with van der Waals surface area (Å²) in [5.74, 6) is -1.24. The Bertz CT molecular complexity index is 1170. The van der Waals surface area contributed by atoms with Crippen molar-refractivity contribution in [2.45, 2.75) is 25.7 Å². The summed E-state index contributed by atoms with van der Waals surface area (Å²) in [5, 5.41) is 0.152. The van der Waals surface area contributed by atoms with Gasteiger partial charge >= 0.3 is 0 Å². The zero-order chi connectivity index (χ0) is 24.6. The van der Waals surface area contributed by atoms with Gasteiger partial charge in [0.2, 0.25) is 0 Å². The highest BCUT2D eigenvalue weighted by molar-refractivity contribution is 7.85. The topological polar surface area (TPSA) is 98.2 Å². The van der Waals surface area contributed by atoms with Crippen LogP contribution < -0.4 is 4.90 Å². The molecule has 2 aliphatic heterocycles. The van der Waals surface area contributed by atoms with E-state index < -0.39 is 21.9 Å². The molecule has 0 saturated carbocycles. The van der Waals surface area contributed by atoms with Crippen LogP contribution in [-0.4, -0.2) is 66.1 Å². The summed E-state index contributed by atoms with van der Waals surface area (Å²) in [7, 11) is -0.998. The largest absolute Gasteiger partial charge is 0.344 e. The van der Waals surface area contributed by atoms with E-state index in [-0.39, 0.29) is 28.3 Å². The van der Waals surface area contributed by atoms with Gasteiger partial charge in [-0.25, -0.2) is 0 Å². The minimum atomic E-state index is -4.05. The molecular weight excluding hydrogens is 462 g/mol. The predicted molar refractivity (Wildman–Crippen MR) is 131 cm³/mol. The number of likely N-dealkylation sites (N-methyl/N-ethyl adjacent to an activating group) is 2. The molecule has 0 radical (unpaired) electrons. The lowest BCUT2D eigenvalue weighted by Gasteiger charge is -2.31. The van der Waals surface area contributed by atoms with Gasteiger partial charge in [0.05, 0.1) is 5.75 Å². The van der Waals surface area contributed by atoms with Crippen LogP contribution in [0.3, 0.4) is 0 Å². The number of carbonyl (C=O) groups excluding carboxylic acids is 2. The number of thiocarbonyl (C=S) groups is 1. The average molecular weight is 490 g/mol. The highest BCUT2D eigenvalue weighted by atomic mass is 32.2. The maximum Gasteiger partial charge on any atom is 0.265 e. The molecule has 33 heavy (non-hydrogen) atoms. The predicted octanol–water partition coefficient (Wildman–Crippen LogP) is 2.64. The first-order chi connectivity index (χ1) is 15.4. The maximum absolute atomic E-state index is 12.4. The van der Waals surface area contributed by atoms with Crippen LogP contribution >= 0.6 is 12.2 Å². The van der Waals surface area contributed by atoms with E-state index in [0.717, 1.165) is 16.9 Å². The maximum atomic E-state index is 12.4. The van der Waals surface area contributed by atoms with Crippen molar-refractivity contribution >= 4 is 45.0 Å². The summed E-state index contributed by atoms with van der Waals surface area (Å²) >= 11 is 5.09. The molecule has 3 rings (SSSR count). The summed E-state index contributed by atoms with van der Waals surface area (Å²) in [6.07, 6.45) is 6.99. The van der Waals surface area contributed by atoms with Gasteiger partial charge in [-0.1, -0.05) is 44.2 Å². The van der Waals surface area contributed by atoms with Crippen LogP contribution in [-0.2, 0) is 25.1 Å². The van der Waals surface area contributed by atoms with Gasteiger partial charge in [-0.2, -0.15) is 8.42 Å². The van der Waals surface area contributed by atoms with E-state index in [9.17, 15) is 18.0 Å². The molecule has 1 N–H and O–H groups in total. The Morgan fingerprint density at radius 2 is 1.61 bits per heavy atom. The van der Waals surface area contributed by atoms with Crippen LogP contribution in [0.25, 0.3) is 0 Å². The second-order valence-electron chi connectivity index (χ2n) is 8.46. The lowest BCUT2D eigenvalue weighted by Crippen LogP contribution is -2.52. The molecule has 1 saturated heterocycles. The highest BCUT2D eigenvalue weighted by Crippen LogP contribution is 2.47. The summed E-state index contributed by atoms with van der Waals surface area (Å²) in [5.41, 5.74) is 2.68. The molecule has 0 bridgehead atoms. The molecule has 0 unspecified atom stereocenters. The molecule has 0 aliphatic carbocycles. The third-order valence-electron chi connectivity index (χ3n) is 5.86. The third kappa shape index (κ3) is 4.92. The molecule has 176 valence electrons. The van der Waals surface area contributed by atoms with Crippen molar-refractivity contribution in [2.24, 2.45) is 0 Å². The van der Waals surface area contributed by atoms with Gasteiger partial charge in [-0.3, -0.25) is 23.9 Å². The first-order valence-corrected chi connectivity index (χ1v) is 12.4. The number of hydrogen-bond acceptors (Lipinski definition) is 6. The van der Waals surface area contributed by atoms with E-state index in [1.165, 1.54) is 30.0 Å². The molecule has 2 heterocycles. The van der Waals surface area contributed by atoms with Crippen LogP contribution in [0.2, 0.25) is 0 Å². The van der Waals surface area contributed by atoms with Crippen molar-refractivity contribution in [2.75, 3.05) is 31.3 Å². The quantitative estimate of drug-likeness (QED) is 0.284. The van der Waals surface area contributed by atoms with Crippen molar-refractivity contribution in [1.82, 2.24) is 9.80 Å². The number of hydrogen-bond donors (Lipinski definition) is 1. The Hall–Kier alpha value is -2.82. The molecule has 2 amide bonds. The zero-order valence-corrected chi connectivity index (χ0v) is 20.6. The zero-order valence-electron chi connectivity index (χ0n) is 19.0. The van der Waals surface area contributed by atoms with E-state index in [2.05, 4.69) is 13.8 Å². The molecule has 0 aromatic heterocycles. The number of anilines is 1. The lowest BCUT2D eigenvalue weighted by atomic mass is 9.84. The number of para-hydroxylation sites is 1. The highest BCUT2D eigenvalue weighted by Gasteiger charge is 2.39. The molecule has 8 nitrogen and oxygen atoms in total. The van der Waals surface area contributed by atoms with E-state index >= 15 is 0 Å². The fourth-order valence-corrected chi connectivity index (χ4v) is 4.74. The Kier molecular flexibility index (Phi) is 6.92. The average Bonchev–Trinajstić information content (AvgIpc) is 2.96. The SMILES string of the molecule is CN1C(=O)C(=C/C=C/C=C2/N(CCCS(=O)(=O)O)c3ccccc3C2(C)C)C(=O)N(C)C1=S. The van der Waals surface area contributed by atoms with E-state index in [0.29, 0.717) is 6.54 Å². The van der Waals surface area contributed by atoms with Crippen LogP contribution in [0.15, 0.2) is 59.8 Å². The summed E-state index contributed by atoms with van der Waals surface area (Å²) < 4.78 is 31.5. The number of fused-ring (bicyclic) bond motifs is 1. The smallest absolute Gasteiger partial charge is 0.265 e. The van der Waals surface area contributed by atoms with E-state index in [1.807, 2.05) is 35.2 Å². The molecule has 1 aromatic carbocycles. The van der Waals surface area contributed by atoms with Crippen molar-refractivity contribution in [1.29, 1.82) is 0 Å². The summed E-state index contributed by atoms with van der Waals surface area (Å²) in [4.78, 5) is 29.4. The standard InChI is InChI=1S/C23H27N3O5S2/c1-23(2)17-11-6-7-12-18(17)26(14-9-15-33(29,30)31)19(23)13-8-5-10-16-20(27)24(3)22(32)25(4)21(16)28/h5-8,10-13H,9,14-15H2,1-4H3,(H,29,30,31)/b8-5+,19-13+. The fourth-order valence-electron chi connectivity index (χ4n) is 4.08. The van der Waals surface area contributed by atoms with Crippen LogP contribution in [0.1, 0.15) is 25.8 Å². The normalized spacial score (nSPS) is 19.8. The van der Waals surface area contributed by atoms with E-state index in [1.54, 1.807) is 12.2 Å². The van der Waals surface area contributed by atoms with Crippen LogP contribution in [0, 0.1) is 0 Å². The summed E-state index contributed by atoms with van der Waals surface area (Å²) in [6, 6.07) is 7.89. The van der Waals surface area contributed by atoms with Gasteiger partial charge in [-0.05, 0) is 42.4 Å². The van der Waals surface area contributed by atoms with Crippen molar-refractivity contribution in [3.05, 3.63) is 65.4 Å². The Morgan fingerprint density at radius 1 is 1.03 bits per heavy atom. The Morgan fingerprint density at radius 3 is 2.21 bits per heavy atom. The minimum Gasteiger partial charge on any atom is -0.344 e. The second kappa shape index (κ2) is 9.20. The number of rotatable bonds is 6. The van der Waals surface area contributed by atoms with Crippen LogP contribution in [0.5, 0.6) is 0 Å². The first-order valence-electron chi connectivity index (χ1n) is 10.4. The molecule has 0 atom stereocenters. The second-order valence-corrected chi connectivity index (χ2v) is 10.4. The molecule has 0 spiro atoms. The fraction of sp³-hybridized carbons (Fsp3) is 0.348. The number of carbonyl (C=O) groups is 2. The lowest BCUT2D eigenvalue weighted by molar-refractivity contribution is -0.132. The number of nitrogens with zero attached hydrogens (tertiary/aromatic N) is 3. The Balaban J connectivity index is 1.90. The first kappa shape index (κ1) is 24.8. The molecule has 1 aromatic rings. The van der Waals surface area contributed by atoms with Gasteiger partial charge in [0.15, 0.2) is 5.11 Å². The molecule has 2 aliphatic rings. The van der Waals surface area contributed by atoms with Gasteiger partial charge < -0.3 is 4.90 Å². The van der Waals surface area contributed by atoms with Gasteiger partial charge in [0, 0.05) is 37.4 Å². The van der Waals surface area contributed by atoms with Gasteiger partial charge in [0.25, 0.3) is 21.9 Å². The monoisotopic (exact) mass is 489 g/mol. The number of benzene rings is 1. The number of allylic oxidation sites excluding steroid dienone is 5. The van der Waals surface area contributed by atoms with Crippen molar-refractivity contribution in [3.8, 4) is 0 Å². The molecule has 1 fully saturated rings. The minimum absolute atomic E-state index is 0.0160. The summed E-state index contributed by atoms with van der Waals surface area (Å²) in [6.45, 7) is 4.56. The van der Waals surface area contributed by atoms with E-state index in [4.69, 9.17) is 16.8 Å². The third-order valence-corrected chi connectivity index (χ3v) is 7.21. The molecular formula is C23H27N3O5S2. The molecule has 10 heteroatoms.